The zero-order valence-corrected chi connectivity index (χ0v) is 21.4. The molecule has 1 heterocycles. The first kappa shape index (κ1) is 27.3. The molecule has 0 aliphatic carbocycles. The van der Waals surface area contributed by atoms with Crippen molar-refractivity contribution >= 4 is 33.0 Å². The van der Waals surface area contributed by atoms with Gasteiger partial charge in [-0.15, -0.1) is 15.8 Å². The molecule has 9 heteroatoms. The lowest BCUT2D eigenvalue weighted by molar-refractivity contribution is 0.0511. The summed E-state index contributed by atoms with van der Waals surface area (Å²) in [5.74, 6) is -0.313. The number of esters is 1. The van der Waals surface area contributed by atoms with E-state index >= 15 is 0 Å². The van der Waals surface area contributed by atoms with Crippen molar-refractivity contribution in [1.82, 2.24) is 4.41 Å². The Kier molecular flexibility index (Phi) is 11.3. The number of aryl methyl sites for hydroxylation is 1. The predicted octanol–water partition coefficient (Wildman–Crippen LogP) is 5.15. The highest BCUT2D eigenvalue weighted by Crippen LogP contribution is 2.23. The molecule has 0 spiro atoms. The van der Waals surface area contributed by atoms with E-state index in [9.17, 15) is 18.3 Å². The number of aliphatic hydroxyl groups is 1. The van der Waals surface area contributed by atoms with Crippen LogP contribution in [0.15, 0.2) is 36.4 Å². The van der Waals surface area contributed by atoms with E-state index in [2.05, 4.69) is 12.3 Å². The summed E-state index contributed by atoms with van der Waals surface area (Å²) >= 11 is 1.38. The highest BCUT2D eigenvalue weighted by atomic mass is 32.2. The Morgan fingerprint density at radius 3 is 2.45 bits per heavy atom. The Labute approximate surface area is 201 Å². The molecule has 1 aromatic carbocycles. The van der Waals surface area contributed by atoms with E-state index in [-0.39, 0.29) is 12.5 Å². The fourth-order valence-electron chi connectivity index (χ4n) is 3.27. The Morgan fingerprint density at radius 1 is 1.09 bits per heavy atom. The van der Waals surface area contributed by atoms with Crippen LogP contribution in [0.2, 0.25) is 0 Å². The van der Waals surface area contributed by atoms with Crippen LogP contribution in [0.25, 0.3) is 0 Å². The van der Waals surface area contributed by atoms with Gasteiger partial charge >= 0.3 is 5.97 Å². The van der Waals surface area contributed by atoms with Gasteiger partial charge in [-0.2, -0.15) is 0 Å². The van der Waals surface area contributed by atoms with Gasteiger partial charge in [0, 0.05) is 11.4 Å². The Bertz CT molecular complexity index is 957. The molecule has 7 nitrogen and oxygen atoms in total. The third-order valence-corrected chi connectivity index (χ3v) is 7.31. The van der Waals surface area contributed by atoms with Gasteiger partial charge in [-0.1, -0.05) is 45.2 Å². The Balaban J connectivity index is 1.90. The predicted molar refractivity (Wildman–Crippen MR) is 134 cm³/mol. The molecule has 0 bridgehead atoms. The number of anilines is 1. The summed E-state index contributed by atoms with van der Waals surface area (Å²) in [6.45, 7) is 4.76. The van der Waals surface area contributed by atoms with Crippen LogP contribution in [0, 0.1) is 0 Å². The lowest BCUT2D eigenvalue weighted by Crippen LogP contribution is -2.36. The zero-order valence-electron chi connectivity index (χ0n) is 19.7. The summed E-state index contributed by atoms with van der Waals surface area (Å²) in [5.41, 5.74) is 4.43. The number of hydrazine groups is 1. The molecule has 2 rings (SSSR count). The van der Waals surface area contributed by atoms with Crippen molar-refractivity contribution in [3.63, 3.8) is 0 Å². The number of hydrogen-bond acceptors (Lipinski definition) is 7. The van der Waals surface area contributed by atoms with Crippen LogP contribution >= 0.6 is 11.3 Å². The van der Waals surface area contributed by atoms with Gasteiger partial charge in [0.2, 0.25) is 10.0 Å². The maximum atomic E-state index is 12.3. The molecule has 0 aliphatic rings. The maximum Gasteiger partial charge on any atom is 0.348 e. The molecule has 0 saturated carbocycles. The van der Waals surface area contributed by atoms with Crippen LogP contribution in [0.3, 0.4) is 0 Å². The smallest absolute Gasteiger partial charge is 0.348 e. The van der Waals surface area contributed by atoms with Crippen molar-refractivity contribution in [1.29, 1.82) is 0 Å². The molecular weight excluding hydrogens is 460 g/mol. The Hall–Kier alpha value is -1.94. The van der Waals surface area contributed by atoms with Crippen LogP contribution in [0.4, 0.5) is 5.69 Å². The third-order valence-electron chi connectivity index (χ3n) is 5.12. The number of thiophene rings is 1. The second kappa shape index (κ2) is 13.7. The molecular formula is C24H36N2O5S2. The maximum absolute atomic E-state index is 12.3. The fourth-order valence-corrected chi connectivity index (χ4v) is 4.94. The second-order valence-electron chi connectivity index (χ2n) is 8.09. The largest absolute Gasteiger partial charge is 0.462 e. The SMILES string of the molecule is CCCCCC(O)c1ccc(NN(CCCc2ccc(C(=O)OCCC)s2)S(C)(=O)=O)cc1. The molecule has 0 radical (unpaired) electrons. The van der Waals surface area contributed by atoms with Gasteiger partial charge in [-0.25, -0.2) is 13.2 Å². The minimum atomic E-state index is -3.48. The van der Waals surface area contributed by atoms with Crippen molar-refractivity contribution in [2.45, 2.75) is 64.9 Å². The number of ether oxygens (including phenoxy) is 1. The van der Waals surface area contributed by atoms with E-state index in [1.807, 2.05) is 25.1 Å². The fraction of sp³-hybridized carbons (Fsp3) is 0.542. The number of sulfonamides is 1. The number of carbonyl (C=O) groups excluding carboxylic acids is 1. The number of nitrogens with zero attached hydrogens (tertiary/aromatic N) is 1. The topological polar surface area (TPSA) is 95.9 Å². The van der Waals surface area contributed by atoms with Crippen LogP contribution in [0.1, 0.15) is 78.6 Å². The van der Waals surface area contributed by atoms with Crippen LogP contribution < -0.4 is 5.43 Å². The average molecular weight is 497 g/mol. The molecule has 1 unspecified atom stereocenters. The van der Waals surface area contributed by atoms with Gasteiger partial charge in [0.15, 0.2) is 0 Å². The van der Waals surface area contributed by atoms with Crippen molar-refractivity contribution in [2.24, 2.45) is 0 Å². The number of unbranched alkanes of at least 4 members (excludes halogenated alkanes) is 2. The summed E-state index contributed by atoms with van der Waals surface area (Å²) in [7, 11) is -3.48. The lowest BCUT2D eigenvalue weighted by Gasteiger charge is -2.22. The molecule has 2 N–H and O–H groups in total. The van der Waals surface area contributed by atoms with Crippen molar-refractivity contribution < 1.29 is 23.1 Å². The van der Waals surface area contributed by atoms with Gasteiger partial charge in [0.05, 0.1) is 24.7 Å². The van der Waals surface area contributed by atoms with Crippen LogP contribution in [-0.4, -0.2) is 43.3 Å². The van der Waals surface area contributed by atoms with Gasteiger partial charge in [-0.3, -0.25) is 0 Å². The number of aliphatic hydroxyl groups excluding tert-OH is 1. The highest BCUT2D eigenvalue weighted by Gasteiger charge is 2.17. The summed E-state index contributed by atoms with van der Waals surface area (Å²) in [4.78, 5) is 13.5. The first-order valence-corrected chi connectivity index (χ1v) is 14.2. The first-order valence-electron chi connectivity index (χ1n) is 11.5. The Morgan fingerprint density at radius 2 is 1.82 bits per heavy atom. The quantitative estimate of drug-likeness (QED) is 0.201. The van der Waals surface area contributed by atoms with Gasteiger partial charge in [0.1, 0.15) is 4.88 Å². The average Bonchev–Trinajstić information content (AvgIpc) is 3.25. The monoisotopic (exact) mass is 496 g/mol. The molecule has 0 amide bonds. The third kappa shape index (κ3) is 9.44. The van der Waals surface area contributed by atoms with E-state index in [0.29, 0.717) is 30.0 Å². The number of nitrogens with one attached hydrogen (secondary N) is 1. The van der Waals surface area contributed by atoms with E-state index in [1.54, 1.807) is 18.2 Å². The van der Waals surface area contributed by atoms with Crippen LogP contribution in [-0.2, 0) is 21.2 Å². The minimum absolute atomic E-state index is 0.285. The van der Waals surface area contributed by atoms with Crippen LogP contribution in [0.5, 0.6) is 0 Å². The first-order chi connectivity index (χ1) is 15.7. The molecule has 2 aromatic rings. The highest BCUT2D eigenvalue weighted by molar-refractivity contribution is 7.88. The summed E-state index contributed by atoms with van der Waals surface area (Å²) in [5, 5.41) is 10.3. The molecule has 0 saturated heterocycles. The number of rotatable bonds is 15. The molecule has 0 fully saturated rings. The number of carbonyl (C=O) groups is 1. The van der Waals surface area contributed by atoms with Crippen molar-refractivity contribution in [3.8, 4) is 0 Å². The molecule has 0 aliphatic heterocycles. The molecule has 1 aromatic heterocycles. The van der Waals surface area contributed by atoms with E-state index < -0.39 is 16.1 Å². The molecule has 184 valence electrons. The number of hydrogen-bond donors (Lipinski definition) is 2. The van der Waals surface area contributed by atoms with Crippen molar-refractivity contribution in [3.05, 3.63) is 51.7 Å². The number of benzene rings is 1. The van der Waals surface area contributed by atoms with E-state index in [4.69, 9.17) is 4.74 Å². The van der Waals surface area contributed by atoms with E-state index in [0.717, 1.165) is 42.5 Å². The summed E-state index contributed by atoms with van der Waals surface area (Å²) < 4.78 is 30.9. The minimum Gasteiger partial charge on any atom is -0.462 e. The van der Waals surface area contributed by atoms with Gasteiger partial charge < -0.3 is 15.3 Å². The lowest BCUT2D eigenvalue weighted by atomic mass is 10.0. The zero-order chi connectivity index (χ0) is 24.3. The van der Waals surface area contributed by atoms with Gasteiger partial charge in [0.25, 0.3) is 0 Å². The molecule has 1 atom stereocenters. The van der Waals surface area contributed by atoms with Crippen molar-refractivity contribution in [2.75, 3.05) is 24.8 Å². The van der Waals surface area contributed by atoms with Gasteiger partial charge in [-0.05, 0) is 55.5 Å². The standard InChI is InChI=1S/C24H36N2O5S2/c1-4-6-7-10-22(27)19-11-13-20(14-12-19)25-26(33(3,29)30)17-8-9-21-15-16-23(32-21)24(28)31-18-5-2/h11-16,22,25,27H,4-10,17-18H2,1-3H3. The summed E-state index contributed by atoms with van der Waals surface area (Å²) in [6.07, 6.45) is 6.58. The second-order valence-corrected chi connectivity index (χ2v) is 11.2. The molecule has 33 heavy (non-hydrogen) atoms. The van der Waals surface area contributed by atoms with E-state index in [1.165, 1.54) is 22.0 Å². The normalized spacial score (nSPS) is 12.6. The summed E-state index contributed by atoms with van der Waals surface area (Å²) in [6, 6.07) is 10.8.